The van der Waals surface area contributed by atoms with Crippen LogP contribution in [0.15, 0.2) is 21.8 Å². The zero-order valence-electron chi connectivity index (χ0n) is 17.9. The quantitative estimate of drug-likeness (QED) is 0.233. The fourth-order valence-corrected chi connectivity index (χ4v) is 4.08. The van der Waals surface area contributed by atoms with E-state index in [1.807, 2.05) is 13.1 Å². The summed E-state index contributed by atoms with van der Waals surface area (Å²) < 4.78 is 10.9. The number of piperazine rings is 1. The zero-order chi connectivity index (χ0) is 19.4. The zero-order valence-corrected chi connectivity index (χ0v) is 20.2. The van der Waals surface area contributed by atoms with E-state index in [0.717, 1.165) is 63.9 Å². The third-order valence-corrected chi connectivity index (χ3v) is 5.77. The largest absolute Gasteiger partial charge is 0.378 e. The van der Waals surface area contributed by atoms with Gasteiger partial charge in [0.05, 0.1) is 11.8 Å². The van der Waals surface area contributed by atoms with E-state index < -0.39 is 0 Å². The SMILES string of the molecule is CN=C(NCCCCCOC1CCCCC1)N1CCN(Cc2ccon2)CC1.I. The van der Waals surface area contributed by atoms with Crippen molar-refractivity contribution in [3.8, 4) is 0 Å². The summed E-state index contributed by atoms with van der Waals surface area (Å²) in [6.45, 7) is 6.79. The molecule has 2 fully saturated rings. The molecule has 1 saturated carbocycles. The highest BCUT2D eigenvalue weighted by atomic mass is 127. The molecule has 8 heteroatoms. The number of aromatic nitrogens is 1. The number of guanidine groups is 1. The van der Waals surface area contributed by atoms with Crippen molar-refractivity contribution in [3.05, 3.63) is 18.0 Å². The summed E-state index contributed by atoms with van der Waals surface area (Å²) in [4.78, 5) is 9.23. The monoisotopic (exact) mass is 519 g/mol. The topological polar surface area (TPSA) is 66.1 Å². The molecule has 1 aromatic heterocycles. The maximum atomic E-state index is 6.01. The van der Waals surface area contributed by atoms with E-state index in [1.54, 1.807) is 6.26 Å². The number of ether oxygens (including phenoxy) is 1. The Bertz CT molecular complexity index is 555. The fourth-order valence-electron chi connectivity index (χ4n) is 4.08. The molecule has 7 nitrogen and oxygen atoms in total. The van der Waals surface area contributed by atoms with Crippen LogP contribution in [0, 0.1) is 0 Å². The second-order valence-electron chi connectivity index (χ2n) is 7.92. The average Bonchev–Trinajstić information content (AvgIpc) is 3.25. The van der Waals surface area contributed by atoms with Crippen molar-refractivity contribution in [2.45, 2.75) is 64.0 Å². The molecule has 2 aliphatic rings. The lowest BCUT2D eigenvalue weighted by Crippen LogP contribution is -2.52. The Morgan fingerprint density at radius 2 is 1.97 bits per heavy atom. The first-order chi connectivity index (χ1) is 13.8. The van der Waals surface area contributed by atoms with Crippen molar-refractivity contribution in [2.24, 2.45) is 4.99 Å². The fraction of sp³-hybridized carbons (Fsp3) is 0.810. The van der Waals surface area contributed by atoms with Crippen molar-refractivity contribution in [3.63, 3.8) is 0 Å². The van der Waals surface area contributed by atoms with Crippen molar-refractivity contribution in [1.82, 2.24) is 20.3 Å². The van der Waals surface area contributed by atoms with E-state index in [2.05, 4.69) is 25.3 Å². The summed E-state index contributed by atoms with van der Waals surface area (Å²) >= 11 is 0. The minimum absolute atomic E-state index is 0. The highest BCUT2D eigenvalue weighted by Gasteiger charge is 2.20. The molecule has 1 aliphatic carbocycles. The molecule has 1 N–H and O–H groups in total. The molecule has 1 aliphatic heterocycles. The molecular weight excluding hydrogens is 481 g/mol. The van der Waals surface area contributed by atoms with Crippen LogP contribution in [0.3, 0.4) is 0 Å². The van der Waals surface area contributed by atoms with Gasteiger partial charge in [0.1, 0.15) is 6.26 Å². The summed E-state index contributed by atoms with van der Waals surface area (Å²) in [5.41, 5.74) is 1.00. The molecule has 29 heavy (non-hydrogen) atoms. The number of rotatable bonds is 9. The van der Waals surface area contributed by atoms with Gasteiger partial charge in [0, 0.05) is 59.0 Å². The van der Waals surface area contributed by atoms with Crippen LogP contribution in [-0.4, -0.2) is 73.4 Å². The predicted octanol–water partition coefficient (Wildman–Crippen LogP) is 3.51. The molecule has 3 rings (SSSR count). The first-order valence-electron chi connectivity index (χ1n) is 11.0. The van der Waals surface area contributed by atoms with Gasteiger partial charge in [0.25, 0.3) is 0 Å². The van der Waals surface area contributed by atoms with Crippen LogP contribution in [0.1, 0.15) is 57.1 Å². The van der Waals surface area contributed by atoms with Gasteiger partial charge in [-0.1, -0.05) is 24.4 Å². The molecule has 1 aromatic rings. The summed E-state index contributed by atoms with van der Waals surface area (Å²) in [5.74, 6) is 1.03. The molecule has 0 bridgehead atoms. The Labute approximate surface area is 192 Å². The standard InChI is InChI=1S/C21H37N5O2.HI/c1-22-21(23-11-6-3-7-16-27-20-8-4-2-5-9-20)26-14-12-25(13-15-26)18-19-10-17-28-24-19;/h10,17,20H,2-9,11-16,18H2,1H3,(H,22,23);1H. The average molecular weight is 519 g/mol. The molecule has 0 amide bonds. The van der Waals surface area contributed by atoms with Gasteiger partial charge in [0.2, 0.25) is 0 Å². The van der Waals surface area contributed by atoms with E-state index in [1.165, 1.54) is 44.9 Å². The molecule has 0 aromatic carbocycles. The van der Waals surface area contributed by atoms with Crippen molar-refractivity contribution in [2.75, 3.05) is 46.4 Å². The van der Waals surface area contributed by atoms with Gasteiger partial charge in [-0.15, -0.1) is 24.0 Å². The van der Waals surface area contributed by atoms with Crippen LogP contribution in [0.5, 0.6) is 0 Å². The minimum atomic E-state index is 0. The van der Waals surface area contributed by atoms with Crippen LogP contribution < -0.4 is 5.32 Å². The lowest BCUT2D eigenvalue weighted by Gasteiger charge is -2.36. The van der Waals surface area contributed by atoms with Crippen molar-refractivity contribution >= 4 is 29.9 Å². The highest BCUT2D eigenvalue weighted by molar-refractivity contribution is 14.0. The van der Waals surface area contributed by atoms with Gasteiger partial charge >= 0.3 is 0 Å². The molecule has 166 valence electrons. The van der Waals surface area contributed by atoms with E-state index in [9.17, 15) is 0 Å². The van der Waals surface area contributed by atoms with Crippen LogP contribution in [0.25, 0.3) is 0 Å². The second kappa shape index (κ2) is 14.2. The Kier molecular flexibility index (Phi) is 11.9. The normalized spacial score (nSPS) is 19.2. The molecule has 0 spiro atoms. The van der Waals surface area contributed by atoms with Crippen LogP contribution in [0.4, 0.5) is 0 Å². The number of unbranched alkanes of at least 4 members (excludes halogenated alkanes) is 2. The van der Waals surface area contributed by atoms with Gasteiger partial charge in [-0.3, -0.25) is 9.89 Å². The number of aliphatic imine (C=N–C) groups is 1. The number of nitrogens with zero attached hydrogens (tertiary/aromatic N) is 4. The Hall–Kier alpha value is -0.870. The molecule has 0 atom stereocenters. The minimum Gasteiger partial charge on any atom is -0.378 e. The summed E-state index contributed by atoms with van der Waals surface area (Å²) in [5, 5.41) is 7.53. The van der Waals surface area contributed by atoms with E-state index >= 15 is 0 Å². The summed E-state index contributed by atoms with van der Waals surface area (Å²) in [6.07, 6.45) is 12.3. The van der Waals surface area contributed by atoms with Crippen LogP contribution in [0.2, 0.25) is 0 Å². The van der Waals surface area contributed by atoms with Gasteiger partial charge in [-0.25, -0.2) is 0 Å². The lowest BCUT2D eigenvalue weighted by molar-refractivity contribution is 0.0264. The van der Waals surface area contributed by atoms with Crippen LogP contribution >= 0.6 is 24.0 Å². The van der Waals surface area contributed by atoms with Crippen molar-refractivity contribution < 1.29 is 9.26 Å². The molecule has 1 saturated heterocycles. The number of halogens is 1. The lowest BCUT2D eigenvalue weighted by atomic mass is 9.98. The summed E-state index contributed by atoms with van der Waals surface area (Å²) in [6, 6.07) is 1.94. The van der Waals surface area contributed by atoms with Crippen molar-refractivity contribution in [1.29, 1.82) is 0 Å². The van der Waals surface area contributed by atoms with Gasteiger partial charge in [-0.2, -0.15) is 0 Å². The maximum absolute atomic E-state index is 6.01. The van der Waals surface area contributed by atoms with E-state index in [-0.39, 0.29) is 24.0 Å². The third-order valence-electron chi connectivity index (χ3n) is 5.77. The van der Waals surface area contributed by atoms with Crippen LogP contribution in [-0.2, 0) is 11.3 Å². The van der Waals surface area contributed by atoms with E-state index in [4.69, 9.17) is 9.26 Å². The highest BCUT2D eigenvalue weighted by Crippen LogP contribution is 2.20. The van der Waals surface area contributed by atoms with Gasteiger partial charge in [0.15, 0.2) is 5.96 Å². The number of hydrogen-bond acceptors (Lipinski definition) is 5. The number of hydrogen-bond donors (Lipinski definition) is 1. The van der Waals surface area contributed by atoms with Gasteiger partial charge < -0.3 is 19.5 Å². The molecular formula is C21H38IN5O2. The Balaban J connectivity index is 0.00000300. The first-order valence-corrected chi connectivity index (χ1v) is 11.0. The molecule has 0 unspecified atom stereocenters. The maximum Gasteiger partial charge on any atom is 0.193 e. The first kappa shape index (κ1) is 24.4. The Morgan fingerprint density at radius 3 is 2.66 bits per heavy atom. The predicted molar refractivity (Wildman–Crippen MR) is 127 cm³/mol. The van der Waals surface area contributed by atoms with Gasteiger partial charge in [-0.05, 0) is 32.1 Å². The van der Waals surface area contributed by atoms with E-state index in [0.29, 0.717) is 6.10 Å². The third kappa shape index (κ3) is 8.80. The Morgan fingerprint density at radius 1 is 1.17 bits per heavy atom. The molecule has 0 radical (unpaired) electrons. The molecule has 2 heterocycles. The number of nitrogens with one attached hydrogen (secondary N) is 1. The summed E-state index contributed by atoms with van der Waals surface area (Å²) in [7, 11) is 1.88. The smallest absolute Gasteiger partial charge is 0.193 e. The second-order valence-corrected chi connectivity index (χ2v) is 7.92.